The first kappa shape index (κ1) is 17.7. The van der Waals surface area contributed by atoms with E-state index in [-0.39, 0.29) is 23.3 Å². The van der Waals surface area contributed by atoms with Gasteiger partial charge in [0.2, 0.25) is 11.8 Å². The molecule has 0 aromatic rings. The van der Waals surface area contributed by atoms with Crippen LogP contribution in [0.5, 0.6) is 0 Å². The SMILES string of the molecule is CN(C)C(=O)C1N(C)CCCC12CCN(C(=O)C1CCCC1)CC2. The van der Waals surface area contributed by atoms with E-state index in [1.165, 1.54) is 12.8 Å². The Morgan fingerprint density at radius 3 is 2.17 bits per heavy atom. The lowest BCUT2D eigenvalue weighted by molar-refractivity contribution is -0.147. The molecule has 1 atom stereocenters. The third-order valence-corrected chi connectivity index (χ3v) is 6.66. The quantitative estimate of drug-likeness (QED) is 0.775. The predicted octanol–water partition coefficient (Wildman–Crippen LogP) is 1.97. The fraction of sp³-hybridized carbons (Fsp3) is 0.895. The molecule has 1 unspecified atom stereocenters. The summed E-state index contributed by atoms with van der Waals surface area (Å²) in [6, 6.07) is -0.0232. The van der Waals surface area contributed by atoms with Crippen molar-refractivity contribution >= 4 is 11.8 Å². The van der Waals surface area contributed by atoms with Crippen LogP contribution < -0.4 is 0 Å². The molecule has 5 heteroatoms. The van der Waals surface area contributed by atoms with Crippen molar-refractivity contribution in [2.75, 3.05) is 40.8 Å². The van der Waals surface area contributed by atoms with Crippen molar-refractivity contribution in [1.29, 1.82) is 0 Å². The zero-order valence-corrected chi connectivity index (χ0v) is 15.6. The summed E-state index contributed by atoms with van der Waals surface area (Å²) in [7, 11) is 5.80. The number of amides is 2. The lowest BCUT2D eigenvalue weighted by Gasteiger charge is -2.52. The number of carbonyl (C=O) groups excluding carboxylic acids is 2. The molecule has 1 saturated carbocycles. The Balaban J connectivity index is 1.69. The van der Waals surface area contributed by atoms with Crippen molar-refractivity contribution in [2.24, 2.45) is 11.3 Å². The number of hydrogen-bond acceptors (Lipinski definition) is 3. The Morgan fingerprint density at radius 2 is 1.58 bits per heavy atom. The Morgan fingerprint density at radius 1 is 0.958 bits per heavy atom. The first-order valence-electron chi connectivity index (χ1n) is 9.65. The first-order chi connectivity index (χ1) is 11.4. The summed E-state index contributed by atoms with van der Waals surface area (Å²) in [4.78, 5) is 31.6. The van der Waals surface area contributed by atoms with Gasteiger partial charge in [0.15, 0.2) is 0 Å². The lowest BCUT2D eigenvalue weighted by Crippen LogP contribution is -2.61. The number of likely N-dealkylation sites (N-methyl/N-ethyl adjacent to an activating group) is 2. The summed E-state index contributed by atoms with van der Waals surface area (Å²) in [5.41, 5.74) is 0.0564. The number of rotatable bonds is 2. The van der Waals surface area contributed by atoms with Gasteiger partial charge in [0.05, 0.1) is 6.04 Å². The van der Waals surface area contributed by atoms with Crippen LogP contribution in [-0.4, -0.2) is 73.3 Å². The predicted molar refractivity (Wildman–Crippen MR) is 94.6 cm³/mol. The molecule has 0 radical (unpaired) electrons. The summed E-state index contributed by atoms with van der Waals surface area (Å²) in [5.74, 6) is 0.877. The van der Waals surface area contributed by atoms with E-state index in [4.69, 9.17) is 0 Å². The maximum Gasteiger partial charge on any atom is 0.239 e. The highest BCUT2D eigenvalue weighted by molar-refractivity contribution is 5.83. The standard InChI is InChI=1S/C19H33N3O2/c1-20(2)18(24)16-19(9-6-12-21(16)3)10-13-22(14-11-19)17(23)15-7-4-5-8-15/h15-16H,4-14H2,1-3H3. The second kappa shape index (κ2) is 7.03. The van der Waals surface area contributed by atoms with Gasteiger partial charge in [-0.1, -0.05) is 12.8 Å². The van der Waals surface area contributed by atoms with Crippen LogP contribution >= 0.6 is 0 Å². The summed E-state index contributed by atoms with van der Waals surface area (Å²) < 4.78 is 0. The topological polar surface area (TPSA) is 43.9 Å². The van der Waals surface area contributed by atoms with E-state index >= 15 is 0 Å². The number of likely N-dealkylation sites (tertiary alicyclic amines) is 2. The van der Waals surface area contributed by atoms with E-state index in [0.29, 0.717) is 5.91 Å². The van der Waals surface area contributed by atoms with Gasteiger partial charge in [-0.3, -0.25) is 14.5 Å². The average molecular weight is 335 g/mol. The van der Waals surface area contributed by atoms with Crippen molar-refractivity contribution in [3.63, 3.8) is 0 Å². The third kappa shape index (κ3) is 3.19. The van der Waals surface area contributed by atoms with Crippen LogP contribution in [-0.2, 0) is 9.59 Å². The minimum Gasteiger partial charge on any atom is -0.347 e. The van der Waals surface area contributed by atoms with Crippen molar-refractivity contribution in [1.82, 2.24) is 14.7 Å². The highest BCUT2D eigenvalue weighted by Crippen LogP contribution is 2.45. The molecule has 0 aromatic carbocycles. The van der Waals surface area contributed by atoms with Crippen molar-refractivity contribution in [2.45, 2.75) is 57.4 Å². The van der Waals surface area contributed by atoms with Crippen LogP contribution in [0.25, 0.3) is 0 Å². The summed E-state index contributed by atoms with van der Waals surface area (Å²) >= 11 is 0. The molecule has 136 valence electrons. The minimum atomic E-state index is -0.0232. The second-order valence-corrected chi connectivity index (χ2v) is 8.39. The Hall–Kier alpha value is -1.10. The molecule has 0 aromatic heterocycles. The van der Waals surface area contributed by atoms with E-state index in [1.54, 1.807) is 4.90 Å². The van der Waals surface area contributed by atoms with E-state index in [9.17, 15) is 9.59 Å². The first-order valence-corrected chi connectivity index (χ1v) is 9.65. The van der Waals surface area contributed by atoms with Crippen molar-refractivity contribution < 1.29 is 9.59 Å². The number of nitrogens with zero attached hydrogens (tertiary/aromatic N) is 3. The van der Waals surface area contributed by atoms with Crippen molar-refractivity contribution in [3.8, 4) is 0 Å². The molecule has 2 aliphatic heterocycles. The van der Waals surface area contributed by atoms with Gasteiger partial charge in [0.1, 0.15) is 0 Å². The van der Waals surface area contributed by atoms with Gasteiger partial charge in [-0.15, -0.1) is 0 Å². The highest BCUT2D eigenvalue weighted by Gasteiger charge is 2.49. The third-order valence-electron chi connectivity index (χ3n) is 6.66. The molecular formula is C19H33N3O2. The van der Waals surface area contributed by atoms with Crippen LogP contribution in [0.2, 0.25) is 0 Å². The molecule has 3 fully saturated rings. The largest absolute Gasteiger partial charge is 0.347 e. The van der Waals surface area contributed by atoms with E-state index in [2.05, 4.69) is 16.8 Å². The zero-order valence-electron chi connectivity index (χ0n) is 15.6. The molecule has 3 rings (SSSR count). The van der Waals surface area contributed by atoms with Gasteiger partial charge in [-0.05, 0) is 57.5 Å². The molecular weight excluding hydrogens is 302 g/mol. The van der Waals surface area contributed by atoms with Crippen LogP contribution in [0.4, 0.5) is 0 Å². The molecule has 24 heavy (non-hydrogen) atoms. The van der Waals surface area contributed by atoms with E-state index in [1.807, 2.05) is 14.1 Å². The Labute approximate surface area is 146 Å². The van der Waals surface area contributed by atoms with Crippen LogP contribution in [0.15, 0.2) is 0 Å². The summed E-state index contributed by atoms with van der Waals surface area (Å²) in [6.07, 6.45) is 8.78. The summed E-state index contributed by atoms with van der Waals surface area (Å²) in [6.45, 7) is 2.66. The normalized spacial score (nSPS) is 28.3. The number of carbonyl (C=O) groups is 2. The highest BCUT2D eigenvalue weighted by atomic mass is 16.2. The van der Waals surface area contributed by atoms with E-state index in [0.717, 1.165) is 58.2 Å². The molecule has 2 heterocycles. The van der Waals surface area contributed by atoms with Crippen LogP contribution in [0.1, 0.15) is 51.4 Å². The number of hydrogen-bond donors (Lipinski definition) is 0. The summed E-state index contributed by atoms with van der Waals surface area (Å²) in [5, 5.41) is 0. The number of piperidine rings is 2. The molecule has 1 spiro atoms. The molecule has 2 saturated heterocycles. The smallest absolute Gasteiger partial charge is 0.239 e. The minimum absolute atomic E-state index is 0.0232. The van der Waals surface area contributed by atoms with Gasteiger partial charge < -0.3 is 9.80 Å². The second-order valence-electron chi connectivity index (χ2n) is 8.39. The maximum absolute atomic E-state index is 12.8. The Kier molecular flexibility index (Phi) is 5.19. The zero-order chi connectivity index (χ0) is 17.3. The van der Waals surface area contributed by atoms with Crippen LogP contribution in [0, 0.1) is 11.3 Å². The fourth-order valence-electron chi connectivity index (χ4n) is 5.24. The van der Waals surface area contributed by atoms with E-state index < -0.39 is 0 Å². The van der Waals surface area contributed by atoms with Crippen molar-refractivity contribution in [3.05, 3.63) is 0 Å². The molecule has 1 aliphatic carbocycles. The molecule has 0 bridgehead atoms. The van der Waals surface area contributed by atoms with Gasteiger partial charge in [-0.25, -0.2) is 0 Å². The molecule has 3 aliphatic rings. The Bertz CT molecular complexity index is 477. The molecule has 0 N–H and O–H groups in total. The lowest BCUT2D eigenvalue weighted by atomic mass is 9.66. The molecule has 5 nitrogen and oxygen atoms in total. The fourth-order valence-corrected chi connectivity index (χ4v) is 5.24. The van der Waals surface area contributed by atoms with Gasteiger partial charge in [0, 0.05) is 33.1 Å². The maximum atomic E-state index is 12.8. The van der Waals surface area contributed by atoms with Gasteiger partial charge in [-0.2, -0.15) is 0 Å². The average Bonchev–Trinajstić information content (AvgIpc) is 3.09. The van der Waals surface area contributed by atoms with Gasteiger partial charge >= 0.3 is 0 Å². The monoisotopic (exact) mass is 335 g/mol. The molecule has 2 amide bonds. The van der Waals surface area contributed by atoms with Gasteiger partial charge in [0.25, 0.3) is 0 Å². The van der Waals surface area contributed by atoms with Crippen LogP contribution in [0.3, 0.4) is 0 Å².